The van der Waals surface area contributed by atoms with E-state index in [4.69, 9.17) is 4.42 Å². The minimum absolute atomic E-state index is 0.0143. The van der Waals surface area contributed by atoms with Crippen LogP contribution in [0.3, 0.4) is 0 Å². The molecule has 1 heterocycles. The Morgan fingerprint density at radius 1 is 1.29 bits per heavy atom. The van der Waals surface area contributed by atoms with E-state index in [1.807, 2.05) is 56.3 Å². The zero-order valence-electron chi connectivity index (χ0n) is 13.9. The van der Waals surface area contributed by atoms with Crippen molar-refractivity contribution in [2.24, 2.45) is 0 Å². The van der Waals surface area contributed by atoms with E-state index in [-0.39, 0.29) is 17.5 Å². The van der Waals surface area contributed by atoms with Crippen LogP contribution in [-0.4, -0.2) is 16.8 Å². The molecule has 24 heavy (non-hydrogen) atoms. The summed E-state index contributed by atoms with van der Waals surface area (Å²) in [6.45, 7) is 4.76. The highest BCUT2D eigenvalue weighted by atomic mass is 16.3. The Hall–Kier alpha value is -3.00. The van der Waals surface area contributed by atoms with Crippen LogP contribution in [-0.2, 0) is 17.9 Å². The highest BCUT2D eigenvalue weighted by Crippen LogP contribution is 2.12. The average molecular weight is 323 g/mol. The summed E-state index contributed by atoms with van der Waals surface area (Å²) in [6, 6.07) is 15.3. The van der Waals surface area contributed by atoms with Gasteiger partial charge >= 0.3 is 0 Å². The molecule has 0 aliphatic carbocycles. The molecule has 0 fully saturated rings. The van der Waals surface area contributed by atoms with Crippen molar-refractivity contribution >= 4 is 5.91 Å². The lowest BCUT2D eigenvalue weighted by Gasteiger charge is -2.26. The molecule has 1 aromatic carbocycles. The summed E-state index contributed by atoms with van der Waals surface area (Å²) in [5.74, 6) is 0.448. The third kappa shape index (κ3) is 4.75. The topological polar surface area (TPSA) is 69.3 Å². The molecule has 5 nitrogen and oxygen atoms in total. The lowest BCUT2D eigenvalue weighted by molar-refractivity contribution is -0.129. The summed E-state index contributed by atoms with van der Waals surface area (Å²) in [5.41, 5.74) is 1.10. The number of nitriles is 1. The van der Waals surface area contributed by atoms with Gasteiger partial charge in [-0.15, -0.1) is 0 Å². The summed E-state index contributed by atoms with van der Waals surface area (Å²) in [6.07, 6.45) is 3.03. The van der Waals surface area contributed by atoms with Gasteiger partial charge in [-0.3, -0.25) is 4.79 Å². The molecule has 0 atom stereocenters. The number of amides is 1. The van der Waals surface area contributed by atoms with Crippen LogP contribution in [0.5, 0.6) is 0 Å². The van der Waals surface area contributed by atoms with Crippen LogP contribution in [0.1, 0.15) is 25.2 Å². The first-order valence-corrected chi connectivity index (χ1v) is 7.82. The second-order valence-corrected chi connectivity index (χ2v) is 5.64. The number of carbonyl (C=O) groups is 1. The van der Waals surface area contributed by atoms with E-state index < -0.39 is 0 Å². The number of nitrogens with one attached hydrogen (secondary N) is 1. The maximum atomic E-state index is 12.7. The third-order valence-corrected chi connectivity index (χ3v) is 3.53. The Kier molecular flexibility index (Phi) is 6.21. The second-order valence-electron chi connectivity index (χ2n) is 5.64. The molecule has 0 bridgehead atoms. The van der Waals surface area contributed by atoms with Gasteiger partial charge in [0, 0.05) is 18.8 Å². The van der Waals surface area contributed by atoms with Gasteiger partial charge in [-0.1, -0.05) is 30.3 Å². The van der Waals surface area contributed by atoms with Crippen LogP contribution in [0.2, 0.25) is 0 Å². The van der Waals surface area contributed by atoms with E-state index in [0.29, 0.717) is 13.1 Å². The number of rotatable bonds is 7. The van der Waals surface area contributed by atoms with Gasteiger partial charge in [0.05, 0.1) is 12.8 Å². The molecule has 1 aromatic heterocycles. The van der Waals surface area contributed by atoms with E-state index in [9.17, 15) is 10.1 Å². The Morgan fingerprint density at radius 3 is 2.62 bits per heavy atom. The highest BCUT2D eigenvalue weighted by molar-refractivity contribution is 5.97. The van der Waals surface area contributed by atoms with E-state index in [1.165, 1.54) is 6.20 Å². The van der Waals surface area contributed by atoms with Crippen LogP contribution < -0.4 is 5.32 Å². The third-order valence-electron chi connectivity index (χ3n) is 3.53. The average Bonchev–Trinajstić information content (AvgIpc) is 3.10. The minimum atomic E-state index is -0.289. The lowest BCUT2D eigenvalue weighted by atomic mass is 10.1. The minimum Gasteiger partial charge on any atom is -0.467 e. The van der Waals surface area contributed by atoms with E-state index in [0.717, 1.165) is 11.3 Å². The quantitative estimate of drug-likeness (QED) is 0.627. The zero-order chi connectivity index (χ0) is 17.4. The molecule has 0 radical (unpaired) electrons. The molecule has 2 rings (SSSR count). The summed E-state index contributed by atoms with van der Waals surface area (Å²) < 4.78 is 5.20. The largest absolute Gasteiger partial charge is 0.467 e. The first-order chi connectivity index (χ1) is 11.6. The van der Waals surface area contributed by atoms with Gasteiger partial charge in [0.15, 0.2) is 0 Å². The molecule has 0 unspecified atom stereocenters. The number of furan rings is 1. The van der Waals surface area contributed by atoms with Crippen molar-refractivity contribution in [2.75, 3.05) is 0 Å². The maximum absolute atomic E-state index is 12.7. The van der Waals surface area contributed by atoms with Crippen molar-refractivity contribution in [3.8, 4) is 6.07 Å². The summed E-state index contributed by atoms with van der Waals surface area (Å²) in [4.78, 5) is 14.4. The van der Waals surface area contributed by atoms with Gasteiger partial charge in [-0.2, -0.15) is 5.26 Å². The second kappa shape index (κ2) is 8.59. The standard InChI is InChI=1S/C19H21N3O2/c1-15(2)22(14-16-7-4-3-5-8-16)19(23)17(11-20)12-21-13-18-9-6-10-24-18/h3-10,12,15,21H,13-14H2,1-2H3/b17-12-. The smallest absolute Gasteiger partial charge is 0.266 e. The zero-order valence-corrected chi connectivity index (χ0v) is 13.9. The summed E-state index contributed by atoms with van der Waals surface area (Å²) in [7, 11) is 0. The SMILES string of the molecule is CC(C)N(Cc1ccccc1)C(=O)/C(C#N)=C\NCc1ccco1. The molecule has 0 spiro atoms. The Labute approximate surface area is 142 Å². The first kappa shape index (κ1) is 17.4. The molecular formula is C19H21N3O2. The molecule has 2 aromatic rings. The predicted octanol–water partition coefficient (Wildman–Crippen LogP) is 3.21. The summed E-state index contributed by atoms with van der Waals surface area (Å²) >= 11 is 0. The summed E-state index contributed by atoms with van der Waals surface area (Å²) in [5, 5.41) is 12.3. The van der Waals surface area contributed by atoms with Crippen molar-refractivity contribution < 1.29 is 9.21 Å². The fourth-order valence-electron chi connectivity index (χ4n) is 2.23. The van der Waals surface area contributed by atoms with Crippen molar-refractivity contribution in [3.63, 3.8) is 0 Å². The molecular weight excluding hydrogens is 302 g/mol. The molecule has 124 valence electrons. The number of carbonyl (C=O) groups excluding carboxylic acids is 1. The molecule has 1 N–H and O–H groups in total. The molecule has 0 saturated heterocycles. The fraction of sp³-hybridized carbons (Fsp3) is 0.263. The number of hydrogen-bond acceptors (Lipinski definition) is 4. The van der Waals surface area contributed by atoms with Crippen LogP contribution in [0.25, 0.3) is 0 Å². The van der Waals surface area contributed by atoms with Crippen LogP contribution in [0.4, 0.5) is 0 Å². The van der Waals surface area contributed by atoms with Gasteiger partial charge in [0.25, 0.3) is 5.91 Å². The van der Waals surface area contributed by atoms with E-state index in [2.05, 4.69) is 5.32 Å². The van der Waals surface area contributed by atoms with Crippen LogP contribution in [0, 0.1) is 11.3 Å². The molecule has 0 saturated carbocycles. The molecule has 5 heteroatoms. The molecule has 0 aliphatic rings. The van der Waals surface area contributed by atoms with Crippen molar-refractivity contribution in [2.45, 2.75) is 33.0 Å². The Bertz CT molecular complexity index is 713. The van der Waals surface area contributed by atoms with Crippen LogP contribution >= 0.6 is 0 Å². The first-order valence-electron chi connectivity index (χ1n) is 7.82. The molecule has 0 aliphatic heterocycles. The lowest BCUT2D eigenvalue weighted by Crippen LogP contribution is -2.37. The van der Waals surface area contributed by atoms with Gasteiger partial charge in [0.1, 0.15) is 17.4 Å². The Balaban J connectivity index is 2.07. The van der Waals surface area contributed by atoms with E-state index >= 15 is 0 Å². The highest BCUT2D eigenvalue weighted by Gasteiger charge is 2.21. The predicted molar refractivity (Wildman–Crippen MR) is 91.4 cm³/mol. The van der Waals surface area contributed by atoms with Crippen molar-refractivity contribution in [1.29, 1.82) is 5.26 Å². The molecule has 1 amide bonds. The number of nitrogens with zero attached hydrogens (tertiary/aromatic N) is 2. The Morgan fingerprint density at radius 2 is 2.04 bits per heavy atom. The van der Waals surface area contributed by atoms with Crippen molar-refractivity contribution in [3.05, 3.63) is 71.8 Å². The monoisotopic (exact) mass is 323 g/mol. The normalized spacial score (nSPS) is 11.2. The fourth-order valence-corrected chi connectivity index (χ4v) is 2.23. The van der Waals surface area contributed by atoms with Gasteiger partial charge in [-0.05, 0) is 31.5 Å². The van der Waals surface area contributed by atoms with Gasteiger partial charge in [-0.25, -0.2) is 0 Å². The number of benzene rings is 1. The van der Waals surface area contributed by atoms with Gasteiger partial charge in [0.2, 0.25) is 0 Å². The van der Waals surface area contributed by atoms with Gasteiger partial charge < -0.3 is 14.6 Å². The van der Waals surface area contributed by atoms with Crippen LogP contribution in [0.15, 0.2) is 64.9 Å². The maximum Gasteiger partial charge on any atom is 0.266 e. The number of hydrogen-bond donors (Lipinski definition) is 1. The van der Waals surface area contributed by atoms with E-state index in [1.54, 1.807) is 17.2 Å². The van der Waals surface area contributed by atoms with Crippen molar-refractivity contribution in [1.82, 2.24) is 10.2 Å².